The molecule has 1 aliphatic heterocycles. The fourth-order valence-electron chi connectivity index (χ4n) is 1.24. The van der Waals surface area contributed by atoms with Crippen LogP contribution in [-0.2, 0) is 16.1 Å². The van der Waals surface area contributed by atoms with Gasteiger partial charge < -0.3 is 4.74 Å². The van der Waals surface area contributed by atoms with Gasteiger partial charge in [0.05, 0.1) is 24.8 Å². The fraction of sp³-hybridized carbons (Fsp3) is 0.462. The quantitative estimate of drug-likeness (QED) is 0.735. The molecule has 0 radical (unpaired) electrons. The highest BCUT2D eigenvalue weighted by atomic mass is 16.5. The number of esters is 1. The van der Waals surface area contributed by atoms with Crippen LogP contribution in [0.3, 0.4) is 0 Å². The van der Waals surface area contributed by atoms with Crippen molar-refractivity contribution in [3.8, 4) is 0 Å². The molecule has 4 nitrogen and oxygen atoms in total. The zero-order valence-electron chi connectivity index (χ0n) is 10.5. The zero-order chi connectivity index (χ0) is 12.7. The highest BCUT2D eigenvalue weighted by Crippen LogP contribution is 2.24. The molecule has 2 rings (SSSR count). The molecule has 1 heterocycles. The van der Waals surface area contributed by atoms with E-state index in [1.54, 1.807) is 6.92 Å². The van der Waals surface area contributed by atoms with Crippen molar-refractivity contribution in [2.45, 2.75) is 27.3 Å². The molecule has 0 unspecified atom stereocenters. The van der Waals surface area contributed by atoms with Gasteiger partial charge in [0.25, 0.3) is 0 Å². The van der Waals surface area contributed by atoms with Gasteiger partial charge in [-0.2, -0.15) is 10.2 Å². The predicted octanol–water partition coefficient (Wildman–Crippen LogP) is 3.49. The van der Waals surface area contributed by atoms with Crippen LogP contribution in [0, 0.1) is 5.92 Å². The van der Waals surface area contributed by atoms with Crippen LogP contribution >= 0.6 is 0 Å². The summed E-state index contributed by atoms with van der Waals surface area (Å²) >= 11 is 0. The second-order valence-corrected chi connectivity index (χ2v) is 3.93. The predicted molar refractivity (Wildman–Crippen MR) is 66.1 cm³/mol. The summed E-state index contributed by atoms with van der Waals surface area (Å²) in [5.41, 5.74) is 2.26. The van der Waals surface area contributed by atoms with Gasteiger partial charge in [-0.1, -0.05) is 32.0 Å². The molecule has 0 fully saturated rings. The maximum Gasteiger partial charge on any atom is 0.308 e. The molecule has 1 aromatic carbocycles. The molecular formula is C13H18N2O2. The minimum Gasteiger partial charge on any atom is -0.466 e. The normalized spacial score (nSPS) is 11.8. The van der Waals surface area contributed by atoms with Gasteiger partial charge in [0.2, 0.25) is 0 Å². The fourth-order valence-corrected chi connectivity index (χ4v) is 1.24. The van der Waals surface area contributed by atoms with Crippen LogP contribution in [0.25, 0.3) is 0 Å². The summed E-state index contributed by atoms with van der Waals surface area (Å²) in [7, 11) is 0. The van der Waals surface area contributed by atoms with E-state index in [0.717, 1.165) is 12.2 Å². The van der Waals surface area contributed by atoms with E-state index in [4.69, 9.17) is 0 Å². The molecular weight excluding hydrogens is 216 g/mol. The Kier molecular flexibility index (Phi) is 5.33. The smallest absolute Gasteiger partial charge is 0.308 e. The molecule has 1 aromatic rings. The van der Waals surface area contributed by atoms with Crippen molar-refractivity contribution in [3.63, 3.8) is 0 Å². The first kappa shape index (κ1) is 13.4. The second kappa shape index (κ2) is 6.78. The Morgan fingerprint density at radius 3 is 2.65 bits per heavy atom. The summed E-state index contributed by atoms with van der Waals surface area (Å²) in [4.78, 5) is 10.5. The molecule has 0 saturated carbocycles. The zero-order valence-corrected chi connectivity index (χ0v) is 10.5. The van der Waals surface area contributed by atoms with Gasteiger partial charge in [-0.3, -0.25) is 4.79 Å². The summed E-state index contributed by atoms with van der Waals surface area (Å²) in [6.45, 7) is 6.68. The Labute approximate surface area is 102 Å². The summed E-state index contributed by atoms with van der Waals surface area (Å²) < 4.78 is 4.66. The Balaban J connectivity index is 0.000000172. The van der Waals surface area contributed by atoms with Gasteiger partial charge in [0.15, 0.2) is 0 Å². The molecule has 0 bridgehead atoms. The van der Waals surface area contributed by atoms with Crippen LogP contribution in [0.5, 0.6) is 0 Å². The lowest BCUT2D eigenvalue weighted by molar-refractivity contribution is -0.146. The van der Waals surface area contributed by atoms with E-state index in [0.29, 0.717) is 6.61 Å². The van der Waals surface area contributed by atoms with Crippen LogP contribution in [0.1, 0.15) is 26.3 Å². The van der Waals surface area contributed by atoms with E-state index in [9.17, 15) is 4.79 Å². The van der Waals surface area contributed by atoms with Crippen LogP contribution in [-0.4, -0.2) is 12.6 Å². The van der Waals surface area contributed by atoms with Gasteiger partial charge >= 0.3 is 5.97 Å². The van der Waals surface area contributed by atoms with E-state index >= 15 is 0 Å². The molecule has 0 N–H and O–H groups in total. The lowest BCUT2D eigenvalue weighted by Gasteiger charge is -2.01. The Hall–Kier alpha value is -1.71. The van der Waals surface area contributed by atoms with Crippen LogP contribution in [0.15, 0.2) is 34.5 Å². The average molecular weight is 234 g/mol. The van der Waals surface area contributed by atoms with Crippen LogP contribution < -0.4 is 0 Å². The maximum absolute atomic E-state index is 10.5. The number of benzene rings is 1. The topological polar surface area (TPSA) is 51.0 Å². The number of carbonyl (C=O) groups excluding carboxylic acids is 1. The van der Waals surface area contributed by atoms with Gasteiger partial charge in [-0.05, 0) is 13.0 Å². The Morgan fingerprint density at radius 2 is 2.12 bits per heavy atom. The molecule has 17 heavy (non-hydrogen) atoms. The van der Waals surface area contributed by atoms with Crippen molar-refractivity contribution in [2.24, 2.45) is 16.1 Å². The monoisotopic (exact) mass is 234 g/mol. The number of nitrogens with zero attached hydrogens (tertiary/aromatic N) is 2. The summed E-state index contributed by atoms with van der Waals surface area (Å²) in [6.07, 6.45) is 0. The third-order valence-electron chi connectivity index (χ3n) is 2.17. The summed E-state index contributed by atoms with van der Waals surface area (Å²) in [6, 6.07) is 8.01. The minimum atomic E-state index is -0.118. The summed E-state index contributed by atoms with van der Waals surface area (Å²) in [5.74, 6) is -0.109. The molecule has 0 saturated heterocycles. The van der Waals surface area contributed by atoms with Gasteiger partial charge in [-0.25, -0.2) is 0 Å². The van der Waals surface area contributed by atoms with Crippen molar-refractivity contribution in [2.75, 3.05) is 6.61 Å². The molecule has 0 spiro atoms. The number of hydrogen-bond donors (Lipinski definition) is 0. The Bertz CT molecular complexity index is 400. The first-order valence-corrected chi connectivity index (χ1v) is 5.77. The standard InChI is InChI=1S/C7H6N2.C6H12O2/c1-2-4-7-6(3-1)5-8-9-7;1-4-8-6(7)5(2)3/h1-4H,5H2;5H,4H2,1-3H3. The van der Waals surface area contributed by atoms with E-state index in [1.807, 2.05) is 32.0 Å². The van der Waals surface area contributed by atoms with Gasteiger partial charge in [-0.15, -0.1) is 0 Å². The first-order chi connectivity index (χ1) is 8.15. The first-order valence-electron chi connectivity index (χ1n) is 5.77. The number of hydrogen-bond acceptors (Lipinski definition) is 4. The minimum absolute atomic E-state index is 0.00921. The maximum atomic E-state index is 10.5. The SMILES string of the molecule is CCOC(=O)C(C)C.c1ccc2c(c1)CN=N2. The van der Waals surface area contributed by atoms with E-state index in [-0.39, 0.29) is 11.9 Å². The number of carbonyl (C=O) groups is 1. The number of ether oxygens (including phenoxy) is 1. The second-order valence-electron chi connectivity index (χ2n) is 3.93. The third kappa shape index (κ3) is 4.34. The molecule has 92 valence electrons. The molecule has 4 heteroatoms. The van der Waals surface area contributed by atoms with Crippen LogP contribution in [0.4, 0.5) is 5.69 Å². The number of rotatable bonds is 2. The number of azo groups is 1. The molecule has 1 aliphatic rings. The lowest BCUT2D eigenvalue weighted by atomic mass is 10.2. The Morgan fingerprint density at radius 1 is 1.41 bits per heavy atom. The lowest BCUT2D eigenvalue weighted by Crippen LogP contribution is -2.10. The average Bonchev–Trinajstić information content (AvgIpc) is 2.78. The van der Waals surface area contributed by atoms with Crippen molar-refractivity contribution in [1.82, 2.24) is 0 Å². The van der Waals surface area contributed by atoms with Gasteiger partial charge in [0, 0.05) is 5.56 Å². The molecule has 0 atom stereocenters. The highest BCUT2D eigenvalue weighted by molar-refractivity contribution is 5.71. The van der Waals surface area contributed by atoms with Crippen molar-refractivity contribution in [3.05, 3.63) is 29.8 Å². The summed E-state index contributed by atoms with van der Waals surface area (Å²) in [5, 5.41) is 7.80. The van der Waals surface area contributed by atoms with E-state index < -0.39 is 0 Å². The molecule has 0 aliphatic carbocycles. The van der Waals surface area contributed by atoms with Crippen molar-refractivity contribution >= 4 is 11.7 Å². The number of fused-ring (bicyclic) bond motifs is 1. The van der Waals surface area contributed by atoms with Crippen LogP contribution in [0.2, 0.25) is 0 Å². The largest absolute Gasteiger partial charge is 0.466 e. The van der Waals surface area contributed by atoms with Crippen molar-refractivity contribution < 1.29 is 9.53 Å². The van der Waals surface area contributed by atoms with E-state index in [1.165, 1.54) is 5.56 Å². The van der Waals surface area contributed by atoms with Gasteiger partial charge in [0.1, 0.15) is 0 Å². The van der Waals surface area contributed by atoms with E-state index in [2.05, 4.69) is 21.0 Å². The molecule has 0 amide bonds. The molecule has 0 aromatic heterocycles. The van der Waals surface area contributed by atoms with Crippen molar-refractivity contribution in [1.29, 1.82) is 0 Å². The third-order valence-corrected chi connectivity index (χ3v) is 2.17. The highest BCUT2D eigenvalue weighted by Gasteiger charge is 2.05.